The summed E-state index contributed by atoms with van der Waals surface area (Å²) in [5.41, 5.74) is 0.734. The summed E-state index contributed by atoms with van der Waals surface area (Å²) in [6.45, 7) is 5.00. The average Bonchev–Trinajstić information content (AvgIpc) is 2.78. The highest BCUT2D eigenvalue weighted by Gasteiger charge is 2.33. The minimum Gasteiger partial charge on any atom is -0.390 e. The predicted molar refractivity (Wildman–Crippen MR) is 73.2 cm³/mol. The van der Waals surface area contributed by atoms with Crippen molar-refractivity contribution in [1.29, 1.82) is 0 Å². The molecule has 1 heterocycles. The van der Waals surface area contributed by atoms with Crippen LogP contribution in [-0.2, 0) is 23.2 Å². The van der Waals surface area contributed by atoms with E-state index in [1.54, 1.807) is 10.8 Å². The van der Waals surface area contributed by atoms with Crippen molar-refractivity contribution in [2.45, 2.75) is 51.2 Å². The van der Waals surface area contributed by atoms with Gasteiger partial charge < -0.3 is 9.67 Å². The summed E-state index contributed by atoms with van der Waals surface area (Å²) in [5.74, 6) is 0. The van der Waals surface area contributed by atoms with Crippen molar-refractivity contribution in [2.24, 2.45) is 5.41 Å². The first-order chi connectivity index (χ1) is 8.90. The van der Waals surface area contributed by atoms with Gasteiger partial charge in [0.05, 0.1) is 11.5 Å². The Kier molecular flexibility index (Phi) is 4.03. The number of aromatic nitrogens is 1. The molecule has 0 bridgehead atoms. The molecule has 0 aliphatic heterocycles. The number of rotatable bonds is 6. The van der Waals surface area contributed by atoms with Gasteiger partial charge in [-0.15, -0.1) is 0 Å². The van der Waals surface area contributed by atoms with Crippen LogP contribution in [0.4, 0.5) is 0 Å². The van der Waals surface area contributed by atoms with Crippen molar-refractivity contribution < 1.29 is 13.5 Å². The fraction of sp³-hybridized carbons (Fsp3) is 0.692. The number of nitrogens with one attached hydrogen (secondary N) is 1. The van der Waals surface area contributed by atoms with E-state index in [1.165, 1.54) is 12.5 Å². The van der Waals surface area contributed by atoms with E-state index in [9.17, 15) is 13.5 Å². The van der Waals surface area contributed by atoms with Gasteiger partial charge in [-0.1, -0.05) is 13.3 Å². The van der Waals surface area contributed by atoms with E-state index in [2.05, 4.69) is 11.6 Å². The number of aliphatic hydroxyl groups excluding tert-OH is 1. The molecule has 0 aromatic carbocycles. The largest absolute Gasteiger partial charge is 0.390 e. The topological polar surface area (TPSA) is 71.3 Å². The summed E-state index contributed by atoms with van der Waals surface area (Å²) in [5, 5.41) is 9.20. The maximum absolute atomic E-state index is 12.2. The molecule has 2 N–H and O–H groups in total. The van der Waals surface area contributed by atoms with E-state index >= 15 is 0 Å². The molecule has 0 atom stereocenters. The zero-order valence-corrected chi connectivity index (χ0v) is 12.3. The summed E-state index contributed by atoms with van der Waals surface area (Å²) in [4.78, 5) is 0.237. The molecule has 108 valence electrons. The smallest absolute Gasteiger partial charge is 0.242 e. The quantitative estimate of drug-likeness (QED) is 0.832. The van der Waals surface area contributed by atoms with Gasteiger partial charge in [0.2, 0.25) is 10.0 Å². The zero-order chi connectivity index (χ0) is 14.1. The normalized spacial score (nSPS) is 18.3. The molecule has 0 radical (unpaired) electrons. The van der Waals surface area contributed by atoms with Gasteiger partial charge in [-0.25, -0.2) is 13.1 Å². The van der Waals surface area contributed by atoms with Crippen molar-refractivity contribution in [3.05, 3.63) is 18.0 Å². The predicted octanol–water partition coefficient (Wildman–Crippen LogP) is 1.47. The van der Waals surface area contributed by atoms with Crippen LogP contribution in [0.15, 0.2) is 17.2 Å². The second-order valence-electron chi connectivity index (χ2n) is 5.60. The van der Waals surface area contributed by atoms with Gasteiger partial charge in [0.25, 0.3) is 0 Å². The lowest BCUT2D eigenvalue weighted by Crippen LogP contribution is -2.39. The fourth-order valence-corrected chi connectivity index (χ4v) is 3.67. The van der Waals surface area contributed by atoms with E-state index in [0.717, 1.165) is 12.8 Å². The first-order valence-electron chi connectivity index (χ1n) is 6.70. The molecular weight excluding hydrogens is 264 g/mol. The summed E-state index contributed by atoms with van der Waals surface area (Å²) in [6.07, 6.45) is 4.91. The number of aryl methyl sites for hydroxylation is 1. The molecule has 1 saturated carbocycles. The third-order valence-corrected chi connectivity index (χ3v) is 5.39. The summed E-state index contributed by atoms with van der Waals surface area (Å²) in [7, 11) is -3.47. The Morgan fingerprint density at radius 1 is 1.47 bits per heavy atom. The van der Waals surface area contributed by atoms with Gasteiger partial charge >= 0.3 is 0 Å². The molecule has 0 unspecified atom stereocenters. The van der Waals surface area contributed by atoms with Crippen LogP contribution in [0.25, 0.3) is 0 Å². The van der Waals surface area contributed by atoms with E-state index in [4.69, 9.17) is 0 Å². The minimum absolute atomic E-state index is 0.111. The first-order valence-corrected chi connectivity index (χ1v) is 8.18. The molecule has 1 fully saturated rings. The molecule has 19 heavy (non-hydrogen) atoms. The van der Waals surface area contributed by atoms with Crippen molar-refractivity contribution in [2.75, 3.05) is 6.54 Å². The highest BCUT2D eigenvalue weighted by Crippen LogP contribution is 2.39. The van der Waals surface area contributed by atoms with Crippen molar-refractivity contribution in [1.82, 2.24) is 9.29 Å². The number of hydrogen-bond acceptors (Lipinski definition) is 3. The number of hydrogen-bond donors (Lipinski definition) is 2. The highest BCUT2D eigenvalue weighted by atomic mass is 32.2. The lowest BCUT2D eigenvalue weighted by molar-refractivity contribution is 0.166. The summed E-state index contributed by atoms with van der Waals surface area (Å²) < 4.78 is 28.9. The lowest BCUT2D eigenvalue weighted by atomic mass is 9.71. The molecule has 1 aromatic heterocycles. The van der Waals surface area contributed by atoms with Crippen molar-refractivity contribution >= 4 is 10.0 Å². The van der Waals surface area contributed by atoms with Crippen LogP contribution < -0.4 is 4.72 Å². The van der Waals surface area contributed by atoms with Crippen LogP contribution in [0.5, 0.6) is 0 Å². The van der Waals surface area contributed by atoms with E-state index in [1.807, 2.05) is 6.92 Å². The van der Waals surface area contributed by atoms with E-state index < -0.39 is 10.0 Å². The van der Waals surface area contributed by atoms with Gasteiger partial charge in [-0.2, -0.15) is 0 Å². The second-order valence-corrected chi connectivity index (χ2v) is 7.37. The highest BCUT2D eigenvalue weighted by molar-refractivity contribution is 7.89. The average molecular weight is 286 g/mol. The Balaban J connectivity index is 2.12. The van der Waals surface area contributed by atoms with Crippen LogP contribution in [0.1, 0.15) is 38.8 Å². The maximum Gasteiger partial charge on any atom is 0.242 e. The van der Waals surface area contributed by atoms with Gasteiger partial charge in [-0.3, -0.25) is 0 Å². The fourth-order valence-electron chi connectivity index (χ4n) is 2.41. The molecular formula is C13H22N2O3S. The van der Waals surface area contributed by atoms with Crippen LogP contribution >= 0.6 is 0 Å². The number of sulfonamides is 1. The maximum atomic E-state index is 12.2. The molecule has 2 rings (SSSR count). The molecule has 0 spiro atoms. The standard InChI is InChI=1S/C13H22N2O3S/c1-3-15-8-12(7-11(15)9-16)19(17,18)14-10-13(2)5-4-6-13/h7-8,14,16H,3-6,9-10H2,1-2H3. The Bertz CT molecular complexity index is 523. The Morgan fingerprint density at radius 3 is 2.58 bits per heavy atom. The van der Waals surface area contributed by atoms with Gasteiger partial charge in [0.15, 0.2) is 0 Å². The number of nitrogens with zero attached hydrogens (tertiary/aromatic N) is 1. The van der Waals surface area contributed by atoms with Gasteiger partial charge in [0, 0.05) is 25.0 Å². The summed E-state index contributed by atoms with van der Waals surface area (Å²) in [6, 6.07) is 1.54. The SMILES string of the molecule is CCn1cc(S(=O)(=O)NCC2(C)CCC2)cc1CO. The first kappa shape index (κ1) is 14.6. The molecule has 5 nitrogen and oxygen atoms in total. The zero-order valence-electron chi connectivity index (χ0n) is 11.5. The molecule has 1 aliphatic rings. The van der Waals surface area contributed by atoms with Gasteiger partial charge in [0.1, 0.15) is 0 Å². The van der Waals surface area contributed by atoms with Crippen LogP contribution in [-0.4, -0.2) is 24.6 Å². The Hall–Kier alpha value is -0.850. The molecule has 0 saturated heterocycles. The molecule has 1 aromatic rings. The lowest BCUT2D eigenvalue weighted by Gasteiger charge is -2.38. The summed E-state index contributed by atoms with van der Waals surface area (Å²) >= 11 is 0. The third kappa shape index (κ3) is 3.01. The molecule has 0 amide bonds. The van der Waals surface area contributed by atoms with Crippen LogP contribution in [0.3, 0.4) is 0 Å². The number of aliphatic hydroxyl groups is 1. The van der Waals surface area contributed by atoms with Crippen molar-refractivity contribution in [3.63, 3.8) is 0 Å². The van der Waals surface area contributed by atoms with E-state index in [0.29, 0.717) is 18.8 Å². The molecule has 1 aliphatic carbocycles. The van der Waals surface area contributed by atoms with Crippen LogP contribution in [0, 0.1) is 5.41 Å². The molecule has 6 heteroatoms. The minimum atomic E-state index is -3.47. The van der Waals surface area contributed by atoms with Crippen molar-refractivity contribution in [3.8, 4) is 0 Å². The third-order valence-electron chi connectivity index (χ3n) is 4.02. The Morgan fingerprint density at radius 2 is 2.16 bits per heavy atom. The second kappa shape index (κ2) is 5.26. The Labute approximate surface area is 114 Å². The monoisotopic (exact) mass is 286 g/mol. The van der Waals surface area contributed by atoms with Crippen LogP contribution in [0.2, 0.25) is 0 Å². The van der Waals surface area contributed by atoms with Gasteiger partial charge in [-0.05, 0) is 31.2 Å². The van der Waals surface area contributed by atoms with E-state index in [-0.39, 0.29) is 16.9 Å².